The number of nitro benzene ring substituents is 1. The number of benzene rings is 2. The van der Waals surface area contributed by atoms with Gasteiger partial charge in [-0.3, -0.25) is 19.7 Å². The molecular weight excluding hydrogens is 460 g/mol. The summed E-state index contributed by atoms with van der Waals surface area (Å²) in [5.74, 6) is -2.28. The summed E-state index contributed by atoms with van der Waals surface area (Å²) in [6.07, 6.45) is 0. The molecule has 0 aliphatic rings. The van der Waals surface area contributed by atoms with E-state index in [-0.39, 0.29) is 12.3 Å². The van der Waals surface area contributed by atoms with Gasteiger partial charge in [0.25, 0.3) is 11.6 Å². The topological polar surface area (TPSA) is 197 Å². The quantitative estimate of drug-likeness (QED) is 0.189. The van der Waals surface area contributed by atoms with Gasteiger partial charge in [-0.1, -0.05) is 0 Å². The predicted molar refractivity (Wildman–Crippen MR) is 115 cm³/mol. The summed E-state index contributed by atoms with van der Waals surface area (Å²) in [6.45, 7) is 0.372. The molecule has 14 heteroatoms. The number of carbonyl (C=O) groups excluding carboxylic acids is 3. The van der Waals surface area contributed by atoms with Crippen molar-refractivity contribution in [1.29, 1.82) is 0 Å². The Morgan fingerprint density at radius 1 is 1.09 bits per heavy atom. The molecule has 0 saturated heterocycles. The van der Waals surface area contributed by atoms with Crippen LogP contribution in [-0.2, 0) is 29.1 Å². The molecule has 0 spiro atoms. The Morgan fingerprint density at radius 2 is 1.76 bits per heavy atom. The van der Waals surface area contributed by atoms with Gasteiger partial charge in [0.05, 0.1) is 22.0 Å². The number of nitro groups is 1. The van der Waals surface area contributed by atoms with Crippen molar-refractivity contribution < 1.29 is 37.2 Å². The second-order valence-electron chi connectivity index (χ2n) is 6.31. The largest absolute Gasteiger partial charge is 0.462 e. The van der Waals surface area contributed by atoms with Crippen LogP contribution in [0.1, 0.15) is 17.3 Å². The average molecular weight is 480 g/mol. The molecule has 0 bridgehead atoms. The van der Waals surface area contributed by atoms with E-state index in [2.05, 4.69) is 5.32 Å². The Labute approximate surface area is 188 Å². The zero-order valence-corrected chi connectivity index (χ0v) is 18.1. The van der Waals surface area contributed by atoms with Crippen molar-refractivity contribution >= 4 is 44.9 Å². The van der Waals surface area contributed by atoms with Gasteiger partial charge in [-0.2, -0.15) is 4.72 Å². The van der Waals surface area contributed by atoms with Gasteiger partial charge >= 0.3 is 11.9 Å². The van der Waals surface area contributed by atoms with E-state index in [0.717, 1.165) is 18.2 Å². The number of nitrogens with zero attached hydrogens (tertiary/aromatic N) is 1. The number of rotatable bonds is 10. The van der Waals surface area contributed by atoms with Crippen LogP contribution in [0.2, 0.25) is 0 Å². The molecule has 0 heterocycles. The molecule has 0 fully saturated rings. The second-order valence-corrected chi connectivity index (χ2v) is 8.08. The third kappa shape index (κ3) is 7.26. The van der Waals surface area contributed by atoms with Crippen LogP contribution < -0.4 is 15.8 Å². The smallest absolute Gasteiger partial charge is 0.338 e. The van der Waals surface area contributed by atoms with Crippen molar-refractivity contribution in [2.45, 2.75) is 11.8 Å². The average Bonchev–Trinajstić information content (AvgIpc) is 2.77. The zero-order chi connectivity index (χ0) is 24.6. The Kier molecular flexibility index (Phi) is 8.42. The van der Waals surface area contributed by atoms with E-state index in [4.69, 9.17) is 15.2 Å². The molecule has 0 atom stereocenters. The predicted octanol–water partition coefficient (Wildman–Crippen LogP) is 0.814. The van der Waals surface area contributed by atoms with Crippen molar-refractivity contribution in [3.05, 3.63) is 58.1 Å². The fraction of sp³-hybridized carbons (Fsp3) is 0.211. The Balaban J connectivity index is 1.85. The first-order valence-electron chi connectivity index (χ1n) is 9.29. The number of amides is 1. The molecule has 2 aromatic carbocycles. The summed E-state index contributed by atoms with van der Waals surface area (Å²) in [4.78, 5) is 44.9. The van der Waals surface area contributed by atoms with Gasteiger partial charge < -0.3 is 20.5 Å². The molecule has 0 radical (unpaired) electrons. The van der Waals surface area contributed by atoms with Gasteiger partial charge in [0.15, 0.2) is 6.61 Å². The first-order chi connectivity index (χ1) is 15.5. The summed E-state index contributed by atoms with van der Waals surface area (Å²) in [6, 6.07) is 8.62. The number of ether oxygens (including phenoxy) is 2. The van der Waals surface area contributed by atoms with Crippen LogP contribution in [0.3, 0.4) is 0 Å². The normalized spacial score (nSPS) is 10.8. The molecule has 4 N–H and O–H groups in total. The fourth-order valence-electron chi connectivity index (χ4n) is 2.38. The number of nitrogens with two attached hydrogens (primary N) is 1. The van der Waals surface area contributed by atoms with Crippen molar-refractivity contribution in [1.82, 2.24) is 4.72 Å². The maximum atomic E-state index is 12.2. The van der Waals surface area contributed by atoms with Crippen LogP contribution in [0.15, 0.2) is 47.4 Å². The number of hydrogen-bond donors (Lipinski definition) is 3. The molecule has 13 nitrogen and oxygen atoms in total. The Hall–Kier alpha value is -4.04. The lowest BCUT2D eigenvalue weighted by atomic mass is 10.2. The molecule has 33 heavy (non-hydrogen) atoms. The standard InChI is InChI=1S/C19H20N4O9S/c1-2-31-19(26)12-3-5-13(6-4-12)22-17(24)11-32-18(25)10-21-33(29,30)14-7-8-15(20)16(9-14)23(27)28/h3-9,21H,2,10-11,20H2,1H3,(H,22,24). The van der Waals surface area contributed by atoms with E-state index in [9.17, 15) is 32.9 Å². The molecule has 0 aliphatic heterocycles. The first-order valence-corrected chi connectivity index (χ1v) is 10.8. The maximum Gasteiger partial charge on any atom is 0.338 e. The van der Waals surface area contributed by atoms with E-state index in [1.165, 1.54) is 24.3 Å². The van der Waals surface area contributed by atoms with Gasteiger partial charge in [-0.05, 0) is 43.3 Å². The number of nitrogens with one attached hydrogen (secondary N) is 2. The minimum absolute atomic E-state index is 0.221. The highest BCUT2D eigenvalue weighted by molar-refractivity contribution is 7.89. The summed E-state index contributed by atoms with van der Waals surface area (Å²) in [5.41, 5.74) is 5.22. The molecule has 1 amide bonds. The lowest BCUT2D eigenvalue weighted by Crippen LogP contribution is -2.32. The number of carbonyl (C=O) groups is 3. The third-order valence-corrected chi connectivity index (χ3v) is 5.36. The minimum Gasteiger partial charge on any atom is -0.462 e. The molecule has 0 saturated carbocycles. The SMILES string of the molecule is CCOC(=O)c1ccc(NC(=O)COC(=O)CNS(=O)(=O)c2ccc(N)c([N+](=O)[O-])c2)cc1. The number of sulfonamides is 1. The molecular formula is C19H20N4O9S. The number of hydrogen-bond acceptors (Lipinski definition) is 10. The van der Waals surface area contributed by atoms with Crippen molar-refractivity contribution in [3.63, 3.8) is 0 Å². The third-order valence-electron chi connectivity index (χ3n) is 3.96. The van der Waals surface area contributed by atoms with Gasteiger partial charge in [0.1, 0.15) is 12.2 Å². The molecule has 0 unspecified atom stereocenters. The Morgan fingerprint density at radius 3 is 2.36 bits per heavy atom. The number of anilines is 2. The lowest BCUT2D eigenvalue weighted by Gasteiger charge is -2.09. The zero-order valence-electron chi connectivity index (χ0n) is 17.3. The Bertz CT molecular complexity index is 1160. The minimum atomic E-state index is -4.28. The monoisotopic (exact) mass is 480 g/mol. The molecule has 2 aromatic rings. The van der Waals surface area contributed by atoms with E-state index in [1.54, 1.807) is 6.92 Å². The lowest BCUT2D eigenvalue weighted by molar-refractivity contribution is -0.384. The fourth-order valence-corrected chi connectivity index (χ4v) is 3.37. The highest BCUT2D eigenvalue weighted by Gasteiger charge is 2.21. The van der Waals surface area contributed by atoms with Gasteiger partial charge in [-0.15, -0.1) is 0 Å². The van der Waals surface area contributed by atoms with Gasteiger partial charge in [0, 0.05) is 11.8 Å². The van der Waals surface area contributed by atoms with Crippen molar-refractivity contribution in [2.24, 2.45) is 0 Å². The van der Waals surface area contributed by atoms with Crippen molar-refractivity contribution in [3.8, 4) is 0 Å². The van der Waals surface area contributed by atoms with E-state index in [0.29, 0.717) is 11.3 Å². The first kappa shape index (κ1) is 25.2. The van der Waals surface area contributed by atoms with Crippen molar-refractivity contribution in [2.75, 3.05) is 30.8 Å². The van der Waals surface area contributed by atoms with Crippen LogP contribution in [0, 0.1) is 10.1 Å². The van der Waals surface area contributed by atoms with Crippen LogP contribution in [0.4, 0.5) is 17.1 Å². The summed E-state index contributed by atoms with van der Waals surface area (Å²) in [7, 11) is -4.28. The summed E-state index contributed by atoms with van der Waals surface area (Å²) < 4.78 is 35.9. The highest BCUT2D eigenvalue weighted by atomic mass is 32.2. The maximum absolute atomic E-state index is 12.2. The molecule has 176 valence electrons. The van der Waals surface area contributed by atoms with E-state index in [1.807, 2.05) is 4.72 Å². The molecule has 0 aliphatic carbocycles. The molecule has 0 aromatic heterocycles. The van der Waals surface area contributed by atoms with Gasteiger partial charge in [0.2, 0.25) is 10.0 Å². The molecule has 2 rings (SSSR count). The van der Waals surface area contributed by atoms with E-state index < -0.39 is 56.5 Å². The van der Waals surface area contributed by atoms with E-state index >= 15 is 0 Å². The summed E-state index contributed by atoms with van der Waals surface area (Å²) >= 11 is 0. The van der Waals surface area contributed by atoms with Crippen LogP contribution >= 0.6 is 0 Å². The number of esters is 2. The van der Waals surface area contributed by atoms with Crippen LogP contribution in [0.25, 0.3) is 0 Å². The van der Waals surface area contributed by atoms with Crippen LogP contribution in [-0.4, -0.2) is 50.9 Å². The van der Waals surface area contributed by atoms with Gasteiger partial charge in [-0.25, -0.2) is 13.2 Å². The highest BCUT2D eigenvalue weighted by Crippen LogP contribution is 2.24. The second kappa shape index (κ2) is 11.0. The number of nitrogen functional groups attached to an aromatic ring is 1. The summed E-state index contributed by atoms with van der Waals surface area (Å²) in [5, 5.41) is 13.3. The van der Waals surface area contributed by atoms with Crippen LogP contribution in [0.5, 0.6) is 0 Å².